The number of aryl methyl sites for hydroxylation is 1. The molecule has 2 atom stereocenters. The van der Waals surface area contributed by atoms with E-state index >= 15 is 0 Å². The molecule has 0 amide bonds. The summed E-state index contributed by atoms with van der Waals surface area (Å²) >= 11 is 5.26. The number of hydrogen-bond acceptors (Lipinski definition) is 4. The monoisotopic (exact) mass is 397 g/mol. The van der Waals surface area contributed by atoms with E-state index in [0.29, 0.717) is 29.7 Å². The third-order valence-corrected chi connectivity index (χ3v) is 6.79. The zero-order chi connectivity index (χ0) is 19.3. The van der Waals surface area contributed by atoms with Crippen LogP contribution in [0.1, 0.15) is 61.3 Å². The molecule has 2 unspecified atom stereocenters. The summed E-state index contributed by atoms with van der Waals surface area (Å²) in [4.78, 5) is 2.24. The lowest BCUT2D eigenvalue weighted by Gasteiger charge is -2.39. The Kier molecular flexibility index (Phi) is 4.63. The van der Waals surface area contributed by atoms with Gasteiger partial charge in [0.1, 0.15) is 11.5 Å². The first-order chi connectivity index (χ1) is 13.6. The average Bonchev–Trinajstić information content (AvgIpc) is 3.38. The van der Waals surface area contributed by atoms with Gasteiger partial charge in [-0.1, -0.05) is 29.4 Å². The summed E-state index contributed by atoms with van der Waals surface area (Å²) in [6.45, 7) is 2.69. The lowest BCUT2D eigenvalue weighted by molar-refractivity contribution is -0.0112. The highest BCUT2D eigenvalue weighted by atomic mass is 32.1. The molecule has 148 valence electrons. The van der Waals surface area contributed by atoms with E-state index in [0.717, 1.165) is 48.3 Å². The zero-order valence-electron chi connectivity index (χ0n) is 16.3. The minimum Gasteiger partial charge on any atom is -0.376 e. The van der Waals surface area contributed by atoms with E-state index in [9.17, 15) is 0 Å². The standard InChI is InChI=1S/C22H27N3O2S/c1-13-4-2-3-5-18(13)20-19(21(27-24-20)14-6-7-14)12-26-17-10-15-8-9-16(11-17)25(15)22(23)28/h2-5,14-17H,6-12H2,1H3,(H2,23,28). The van der Waals surface area contributed by atoms with E-state index in [1.807, 2.05) is 0 Å². The highest BCUT2D eigenvalue weighted by Crippen LogP contribution is 2.45. The molecule has 2 bridgehead atoms. The van der Waals surface area contributed by atoms with Crippen LogP contribution in [0.4, 0.5) is 0 Å². The molecule has 0 spiro atoms. The molecule has 0 radical (unpaired) electrons. The number of benzene rings is 1. The van der Waals surface area contributed by atoms with E-state index in [4.69, 9.17) is 27.2 Å². The van der Waals surface area contributed by atoms with Gasteiger partial charge in [-0.15, -0.1) is 0 Å². The van der Waals surface area contributed by atoms with Crippen molar-refractivity contribution < 1.29 is 9.26 Å². The summed E-state index contributed by atoms with van der Waals surface area (Å²) in [6, 6.07) is 9.22. The van der Waals surface area contributed by atoms with Crippen LogP contribution in [0, 0.1) is 6.92 Å². The molecule has 2 aromatic rings. The predicted octanol–water partition coefficient (Wildman–Crippen LogP) is 4.28. The van der Waals surface area contributed by atoms with Gasteiger partial charge in [0.05, 0.1) is 12.7 Å². The van der Waals surface area contributed by atoms with Crippen molar-refractivity contribution in [3.8, 4) is 11.3 Å². The van der Waals surface area contributed by atoms with Crippen LogP contribution in [-0.2, 0) is 11.3 Å². The van der Waals surface area contributed by atoms with Gasteiger partial charge < -0.3 is 19.9 Å². The fraction of sp³-hybridized carbons (Fsp3) is 0.545. The Hall–Kier alpha value is -1.92. The van der Waals surface area contributed by atoms with Crippen LogP contribution in [0.5, 0.6) is 0 Å². The van der Waals surface area contributed by atoms with E-state index < -0.39 is 0 Å². The molecule has 3 aliphatic rings. The quantitative estimate of drug-likeness (QED) is 0.760. The van der Waals surface area contributed by atoms with Crippen molar-refractivity contribution in [2.24, 2.45) is 5.73 Å². The summed E-state index contributed by atoms with van der Waals surface area (Å²) < 4.78 is 12.2. The van der Waals surface area contributed by atoms with E-state index in [1.54, 1.807) is 0 Å². The van der Waals surface area contributed by atoms with Crippen LogP contribution >= 0.6 is 12.2 Å². The Morgan fingerprint density at radius 3 is 2.57 bits per heavy atom. The highest BCUT2D eigenvalue weighted by Gasteiger charge is 2.42. The Bertz CT molecular complexity index is 878. The Morgan fingerprint density at radius 1 is 1.21 bits per heavy atom. The molecular formula is C22H27N3O2S. The van der Waals surface area contributed by atoms with Crippen LogP contribution in [-0.4, -0.2) is 33.4 Å². The normalized spacial score (nSPS) is 26.6. The number of hydrogen-bond donors (Lipinski definition) is 1. The van der Waals surface area contributed by atoms with Crippen LogP contribution in [0.15, 0.2) is 28.8 Å². The molecule has 2 saturated heterocycles. The van der Waals surface area contributed by atoms with Gasteiger partial charge in [0.2, 0.25) is 0 Å². The predicted molar refractivity (Wildman–Crippen MR) is 112 cm³/mol. The van der Waals surface area contributed by atoms with Crippen molar-refractivity contribution >= 4 is 17.3 Å². The third-order valence-electron chi connectivity index (χ3n) is 6.57. The van der Waals surface area contributed by atoms with Gasteiger partial charge >= 0.3 is 0 Å². The number of ether oxygens (including phenoxy) is 1. The molecule has 6 heteroatoms. The van der Waals surface area contributed by atoms with Gasteiger partial charge in [-0.25, -0.2) is 0 Å². The summed E-state index contributed by atoms with van der Waals surface area (Å²) in [5, 5.41) is 5.00. The van der Waals surface area contributed by atoms with Crippen LogP contribution < -0.4 is 5.73 Å². The number of rotatable bonds is 5. The minimum atomic E-state index is 0.245. The summed E-state index contributed by atoms with van der Waals surface area (Å²) in [5.41, 5.74) is 10.4. The first-order valence-corrected chi connectivity index (χ1v) is 10.8. The number of nitrogens with two attached hydrogens (primary N) is 1. The number of aromatic nitrogens is 1. The number of fused-ring (bicyclic) bond motifs is 2. The molecule has 28 heavy (non-hydrogen) atoms. The second kappa shape index (κ2) is 7.16. The lowest BCUT2D eigenvalue weighted by Crippen LogP contribution is -2.50. The molecule has 5 rings (SSSR count). The molecular weight excluding hydrogens is 370 g/mol. The molecule has 3 heterocycles. The second-order valence-electron chi connectivity index (χ2n) is 8.50. The fourth-order valence-electron chi connectivity index (χ4n) is 5.00. The maximum Gasteiger partial charge on any atom is 0.166 e. The molecule has 1 aromatic heterocycles. The molecule has 2 N–H and O–H groups in total. The van der Waals surface area contributed by atoms with Gasteiger partial charge in [0.15, 0.2) is 5.11 Å². The highest BCUT2D eigenvalue weighted by molar-refractivity contribution is 7.80. The maximum atomic E-state index is 6.45. The number of piperidine rings is 1. The zero-order valence-corrected chi connectivity index (χ0v) is 17.1. The van der Waals surface area contributed by atoms with Gasteiger partial charge in [-0.05, 0) is 63.2 Å². The largest absolute Gasteiger partial charge is 0.376 e. The fourth-order valence-corrected chi connectivity index (χ4v) is 5.30. The molecule has 5 nitrogen and oxygen atoms in total. The second-order valence-corrected chi connectivity index (χ2v) is 8.92. The SMILES string of the molecule is Cc1ccccc1-c1noc(C2CC2)c1COC1CC2CCC(C1)N2C(N)=S. The topological polar surface area (TPSA) is 64.5 Å². The van der Waals surface area contributed by atoms with Crippen molar-refractivity contribution in [2.45, 2.75) is 76.2 Å². The lowest BCUT2D eigenvalue weighted by atomic mass is 9.99. The summed E-state index contributed by atoms with van der Waals surface area (Å²) in [7, 11) is 0. The maximum absolute atomic E-state index is 6.45. The van der Waals surface area contributed by atoms with Gasteiger partial charge in [0.25, 0.3) is 0 Å². The van der Waals surface area contributed by atoms with Crippen molar-refractivity contribution in [1.29, 1.82) is 0 Å². The van der Waals surface area contributed by atoms with E-state index in [2.05, 4.69) is 41.2 Å². The van der Waals surface area contributed by atoms with Crippen molar-refractivity contribution in [2.75, 3.05) is 0 Å². The molecule has 1 aliphatic carbocycles. The Labute approximate surface area is 171 Å². The van der Waals surface area contributed by atoms with E-state index in [1.165, 1.54) is 18.4 Å². The number of thiocarbonyl (C=S) groups is 1. The smallest absolute Gasteiger partial charge is 0.166 e. The van der Waals surface area contributed by atoms with E-state index in [-0.39, 0.29) is 6.10 Å². The van der Waals surface area contributed by atoms with Gasteiger partial charge in [-0.3, -0.25) is 0 Å². The third kappa shape index (κ3) is 3.22. The Balaban J connectivity index is 1.35. The molecule has 2 aliphatic heterocycles. The number of nitrogens with zero attached hydrogens (tertiary/aromatic N) is 2. The first-order valence-electron chi connectivity index (χ1n) is 10.4. The van der Waals surface area contributed by atoms with Crippen molar-refractivity contribution in [3.05, 3.63) is 41.2 Å². The van der Waals surface area contributed by atoms with Crippen LogP contribution in [0.2, 0.25) is 0 Å². The van der Waals surface area contributed by atoms with Gasteiger partial charge in [-0.2, -0.15) is 0 Å². The average molecular weight is 398 g/mol. The Morgan fingerprint density at radius 2 is 1.93 bits per heavy atom. The van der Waals surface area contributed by atoms with Gasteiger partial charge in [0, 0.05) is 29.1 Å². The molecule has 3 fully saturated rings. The molecule has 1 saturated carbocycles. The first kappa shape index (κ1) is 18.1. The van der Waals surface area contributed by atoms with Crippen LogP contribution in [0.25, 0.3) is 11.3 Å². The minimum absolute atomic E-state index is 0.245. The van der Waals surface area contributed by atoms with Crippen LogP contribution in [0.3, 0.4) is 0 Å². The summed E-state index contributed by atoms with van der Waals surface area (Å²) in [6.07, 6.45) is 6.94. The van der Waals surface area contributed by atoms with Crippen molar-refractivity contribution in [1.82, 2.24) is 10.1 Å². The summed E-state index contributed by atoms with van der Waals surface area (Å²) in [5.74, 6) is 1.54. The molecule has 1 aromatic carbocycles. The van der Waals surface area contributed by atoms with Crippen molar-refractivity contribution in [3.63, 3.8) is 0 Å².